The molecule has 206 valence electrons. The molecule has 13 heteroatoms. The van der Waals surface area contributed by atoms with E-state index in [1.807, 2.05) is 11.6 Å². The second kappa shape index (κ2) is 11.7. The van der Waals surface area contributed by atoms with E-state index >= 15 is 0 Å². The van der Waals surface area contributed by atoms with Gasteiger partial charge in [-0.25, -0.2) is 13.4 Å². The van der Waals surface area contributed by atoms with E-state index in [0.717, 1.165) is 22.9 Å². The summed E-state index contributed by atoms with van der Waals surface area (Å²) in [4.78, 5) is 31.8. The fraction of sp³-hybridized carbons (Fsp3) is 0.308. The summed E-state index contributed by atoms with van der Waals surface area (Å²) in [6.07, 6.45) is 5.87. The number of nitrogens with one attached hydrogen (secondary N) is 4. The van der Waals surface area contributed by atoms with Gasteiger partial charge in [0.05, 0.1) is 16.6 Å². The van der Waals surface area contributed by atoms with Gasteiger partial charge < -0.3 is 20.7 Å². The highest BCUT2D eigenvalue weighted by Crippen LogP contribution is 2.22. The first kappa shape index (κ1) is 27.8. The minimum atomic E-state index is -4.15. The first-order chi connectivity index (χ1) is 18.5. The molecule has 0 saturated carbocycles. The summed E-state index contributed by atoms with van der Waals surface area (Å²) >= 11 is 0. The number of aryl methyl sites for hydroxylation is 4. The number of sulfonamides is 1. The molecule has 2 aromatic heterocycles. The van der Waals surface area contributed by atoms with Crippen LogP contribution in [-0.4, -0.2) is 64.3 Å². The lowest BCUT2D eigenvalue weighted by molar-refractivity contribution is -0.138. The zero-order valence-electron chi connectivity index (χ0n) is 21.9. The Morgan fingerprint density at radius 1 is 1.13 bits per heavy atom. The zero-order chi connectivity index (χ0) is 28.2. The number of H-pyrrole nitrogens is 1. The van der Waals surface area contributed by atoms with E-state index in [0.29, 0.717) is 35.7 Å². The molecule has 0 spiro atoms. The van der Waals surface area contributed by atoms with Crippen LogP contribution in [0.1, 0.15) is 33.5 Å². The molecule has 12 nitrogen and oxygen atoms in total. The van der Waals surface area contributed by atoms with Crippen LogP contribution in [0, 0.1) is 20.8 Å². The van der Waals surface area contributed by atoms with Crippen molar-refractivity contribution in [3.8, 4) is 0 Å². The number of aliphatic carboxylic acids is 1. The molecule has 1 amide bonds. The Morgan fingerprint density at radius 3 is 2.54 bits per heavy atom. The smallest absolute Gasteiger partial charge is 0.323 e. The molecule has 0 fully saturated rings. The SMILES string of the molecule is Cc1cc(C)c(S(=O)(=O)N[C@@H](CNC(=O)c2ccc3c(cnn3CCCNc3ncc[nH]3)c2)C(=O)O)c(C)c1. The Bertz CT molecular complexity index is 1570. The van der Waals surface area contributed by atoms with Crippen molar-refractivity contribution in [2.45, 2.75) is 44.7 Å². The van der Waals surface area contributed by atoms with Crippen molar-refractivity contribution in [2.75, 3.05) is 18.4 Å². The van der Waals surface area contributed by atoms with E-state index in [2.05, 4.69) is 30.4 Å². The van der Waals surface area contributed by atoms with Gasteiger partial charge >= 0.3 is 5.97 Å². The Balaban J connectivity index is 1.38. The van der Waals surface area contributed by atoms with Crippen molar-refractivity contribution in [1.82, 2.24) is 29.8 Å². The quantitative estimate of drug-likeness (QED) is 0.166. The number of aromatic nitrogens is 4. The van der Waals surface area contributed by atoms with Gasteiger partial charge in [-0.05, 0) is 56.5 Å². The summed E-state index contributed by atoms with van der Waals surface area (Å²) in [7, 11) is -4.15. The van der Waals surface area contributed by atoms with Crippen LogP contribution in [0.4, 0.5) is 5.95 Å². The van der Waals surface area contributed by atoms with Crippen molar-refractivity contribution in [3.63, 3.8) is 0 Å². The summed E-state index contributed by atoms with van der Waals surface area (Å²) in [6, 6.07) is 6.94. The molecule has 0 bridgehead atoms. The zero-order valence-corrected chi connectivity index (χ0v) is 22.7. The number of amides is 1. The van der Waals surface area contributed by atoms with E-state index in [-0.39, 0.29) is 4.90 Å². The van der Waals surface area contributed by atoms with Gasteiger partial charge in [0.25, 0.3) is 5.91 Å². The van der Waals surface area contributed by atoms with Crippen LogP contribution in [0.3, 0.4) is 0 Å². The second-order valence-corrected chi connectivity index (χ2v) is 11.0. The Morgan fingerprint density at radius 2 is 1.87 bits per heavy atom. The molecule has 2 aromatic carbocycles. The summed E-state index contributed by atoms with van der Waals surface area (Å²) < 4.78 is 30.1. The lowest BCUT2D eigenvalue weighted by atomic mass is 10.1. The third-order valence-electron chi connectivity index (χ3n) is 6.18. The van der Waals surface area contributed by atoms with Gasteiger partial charge in [0, 0.05) is 43.0 Å². The van der Waals surface area contributed by atoms with E-state index in [9.17, 15) is 23.1 Å². The number of nitrogens with zero attached hydrogens (tertiary/aromatic N) is 3. The van der Waals surface area contributed by atoms with Crippen molar-refractivity contribution in [1.29, 1.82) is 0 Å². The minimum absolute atomic E-state index is 0.0323. The molecule has 0 aliphatic carbocycles. The maximum atomic E-state index is 13.0. The minimum Gasteiger partial charge on any atom is -0.480 e. The molecule has 0 unspecified atom stereocenters. The molecule has 5 N–H and O–H groups in total. The predicted molar refractivity (Wildman–Crippen MR) is 146 cm³/mol. The number of carbonyl (C=O) groups excluding carboxylic acids is 1. The summed E-state index contributed by atoms with van der Waals surface area (Å²) in [5, 5.41) is 20.5. The number of anilines is 1. The average Bonchev–Trinajstić information content (AvgIpc) is 3.52. The van der Waals surface area contributed by atoms with Crippen molar-refractivity contribution in [2.24, 2.45) is 0 Å². The second-order valence-electron chi connectivity index (χ2n) is 9.31. The monoisotopic (exact) mass is 553 g/mol. The highest BCUT2D eigenvalue weighted by Gasteiger charge is 2.28. The Hall–Kier alpha value is -4.23. The lowest BCUT2D eigenvalue weighted by Gasteiger charge is -2.18. The number of fused-ring (bicyclic) bond motifs is 1. The largest absolute Gasteiger partial charge is 0.480 e. The van der Waals surface area contributed by atoms with Crippen molar-refractivity contribution < 1.29 is 23.1 Å². The fourth-order valence-corrected chi connectivity index (χ4v) is 6.16. The first-order valence-electron chi connectivity index (χ1n) is 12.3. The predicted octanol–water partition coefficient (Wildman–Crippen LogP) is 2.35. The average molecular weight is 554 g/mol. The third-order valence-corrected chi connectivity index (χ3v) is 7.95. The van der Waals surface area contributed by atoms with Crippen LogP contribution in [0.2, 0.25) is 0 Å². The van der Waals surface area contributed by atoms with E-state index in [1.165, 1.54) is 0 Å². The highest BCUT2D eigenvalue weighted by molar-refractivity contribution is 7.89. The van der Waals surface area contributed by atoms with Crippen LogP contribution < -0.4 is 15.4 Å². The van der Waals surface area contributed by atoms with Crippen LogP contribution in [0.5, 0.6) is 0 Å². The maximum absolute atomic E-state index is 13.0. The van der Waals surface area contributed by atoms with Gasteiger partial charge in [-0.2, -0.15) is 9.82 Å². The maximum Gasteiger partial charge on any atom is 0.323 e. The molecule has 39 heavy (non-hydrogen) atoms. The molecule has 0 radical (unpaired) electrons. The Kier molecular flexibility index (Phi) is 8.31. The number of imidazole rings is 1. The molecule has 4 aromatic rings. The van der Waals surface area contributed by atoms with Gasteiger partial charge in [0.2, 0.25) is 10.0 Å². The molecular weight excluding hydrogens is 522 g/mol. The molecule has 0 aliphatic heterocycles. The first-order valence-corrected chi connectivity index (χ1v) is 13.8. The van der Waals surface area contributed by atoms with Gasteiger partial charge in [-0.15, -0.1) is 0 Å². The van der Waals surface area contributed by atoms with Gasteiger partial charge in [-0.3, -0.25) is 14.3 Å². The lowest BCUT2D eigenvalue weighted by Crippen LogP contribution is -2.48. The van der Waals surface area contributed by atoms with E-state index < -0.39 is 34.5 Å². The topological polar surface area (TPSA) is 171 Å². The number of carbonyl (C=O) groups is 2. The fourth-order valence-electron chi connectivity index (χ4n) is 4.52. The van der Waals surface area contributed by atoms with Gasteiger partial charge in [-0.1, -0.05) is 17.7 Å². The molecule has 2 heterocycles. The van der Waals surface area contributed by atoms with Crippen LogP contribution in [0.15, 0.2) is 53.8 Å². The number of rotatable bonds is 12. The number of hydrogen-bond donors (Lipinski definition) is 5. The molecule has 1 atom stereocenters. The number of benzene rings is 2. The number of hydrogen-bond acceptors (Lipinski definition) is 7. The Labute approximate surface area is 225 Å². The van der Waals surface area contributed by atoms with Gasteiger partial charge in [0.1, 0.15) is 6.04 Å². The van der Waals surface area contributed by atoms with E-state index in [1.54, 1.807) is 62.8 Å². The molecular formula is C26H31N7O5S. The molecule has 4 rings (SSSR count). The standard InChI is InChI=1S/C26H31N7O5S/c1-16-11-17(2)23(18(3)12-16)39(37,38)32-21(25(35)36)15-30-24(34)19-5-6-22-20(13-19)14-31-33(22)10-4-7-27-26-28-8-9-29-26/h5-6,8-9,11-14,21,32H,4,7,10,15H2,1-3H3,(H,30,34)(H,35,36)(H2,27,28,29)/t21-/m0/s1. The summed E-state index contributed by atoms with van der Waals surface area (Å²) in [5.74, 6) is -1.23. The number of carboxylic acids is 1. The van der Waals surface area contributed by atoms with E-state index in [4.69, 9.17) is 0 Å². The number of aromatic amines is 1. The summed E-state index contributed by atoms with van der Waals surface area (Å²) in [5.41, 5.74) is 3.07. The normalized spacial score (nSPS) is 12.4. The van der Waals surface area contributed by atoms with Crippen molar-refractivity contribution in [3.05, 3.63) is 71.2 Å². The molecule has 0 aliphatic rings. The molecule has 0 saturated heterocycles. The van der Waals surface area contributed by atoms with Crippen LogP contribution in [0.25, 0.3) is 10.9 Å². The van der Waals surface area contributed by atoms with Crippen LogP contribution in [-0.2, 0) is 21.4 Å². The van der Waals surface area contributed by atoms with Gasteiger partial charge in [0.15, 0.2) is 5.95 Å². The summed E-state index contributed by atoms with van der Waals surface area (Å²) in [6.45, 7) is 6.08. The third kappa shape index (κ3) is 6.62. The van der Waals surface area contributed by atoms with Crippen LogP contribution >= 0.6 is 0 Å². The highest BCUT2D eigenvalue weighted by atomic mass is 32.2. The number of carboxylic acid groups (broad SMARTS) is 1. The van der Waals surface area contributed by atoms with Crippen molar-refractivity contribution >= 4 is 38.8 Å².